The van der Waals surface area contributed by atoms with Crippen LogP contribution in [0.5, 0.6) is 0 Å². The van der Waals surface area contributed by atoms with Gasteiger partial charge in [-0.05, 0) is 29.8 Å². The van der Waals surface area contributed by atoms with E-state index in [4.69, 9.17) is 5.73 Å². The number of nitrogens with two attached hydrogens (primary N) is 1. The fourth-order valence-electron chi connectivity index (χ4n) is 1.56. The summed E-state index contributed by atoms with van der Waals surface area (Å²) in [5.41, 5.74) is 6.56. The molecular weight excluding hydrogens is 299 g/mol. The molecule has 0 bridgehead atoms. The lowest BCUT2D eigenvalue weighted by Gasteiger charge is -2.09. The van der Waals surface area contributed by atoms with Crippen LogP contribution in [0.15, 0.2) is 42.6 Å². The largest absolute Gasteiger partial charge is 0.384 e. The highest BCUT2D eigenvalue weighted by molar-refractivity contribution is 9.09. The number of Topliss-reactive ketones (excluding diaryl/α,β-unsaturated/α-hetero) is 1. The van der Waals surface area contributed by atoms with E-state index in [1.807, 2.05) is 0 Å². The zero-order valence-corrected chi connectivity index (χ0v) is 10.9. The first kappa shape index (κ1) is 12.7. The predicted molar refractivity (Wildman–Crippen MR) is 71.0 cm³/mol. The quantitative estimate of drug-likeness (QED) is 0.700. The minimum atomic E-state index is -0.565. The first-order chi connectivity index (χ1) is 8.58. The van der Waals surface area contributed by atoms with Crippen molar-refractivity contribution in [2.24, 2.45) is 0 Å². The first-order valence-electron chi connectivity index (χ1n) is 5.23. The highest BCUT2D eigenvalue weighted by Crippen LogP contribution is 2.27. The molecule has 5 heteroatoms. The highest BCUT2D eigenvalue weighted by atomic mass is 79.9. The molecule has 2 aromatic rings. The molecule has 2 rings (SSSR count). The SMILES string of the molecule is Nc1cc([C@H](Br)C(=O)c2cccc(F)c2)ccn1. The van der Waals surface area contributed by atoms with Crippen LogP contribution in [0, 0.1) is 5.82 Å². The van der Waals surface area contributed by atoms with Gasteiger partial charge in [-0.2, -0.15) is 0 Å². The van der Waals surface area contributed by atoms with Crippen LogP contribution in [0.25, 0.3) is 0 Å². The molecule has 1 heterocycles. The third-order valence-electron chi connectivity index (χ3n) is 2.44. The summed E-state index contributed by atoms with van der Waals surface area (Å²) < 4.78 is 13.1. The molecule has 0 aliphatic heterocycles. The Labute approximate surface area is 112 Å². The van der Waals surface area contributed by atoms with Crippen LogP contribution in [0.3, 0.4) is 0 Å². The van der Waals surface area contributed by atoms with Gasteiger partial charge in [0.05, 0.1) is 0 Å². The van der Waals surface area contributed by atoms with Gasteiger partial charge in [0.25, 0.3) is 0 Å². The van der Waals surface area contributed by atoms with Crippen molar-refractivity contribution in [2.75, 3.05) is 5.73 Å². The van der Waals surface area contributed by atoms with Gasteiger partial charge in [-0.25, -0.2) is 9.37 Å². The van der Waals surface area contributed by atoms with Gasteiger partial charge < -0.3 is 5.73 Å². The topological polar surface area (TPSA) is 56.0 Å². The number of ketones is 1. The van der Waals surface area contributed by atoms with Crippen molar-refractivity contribution in [3.8, 4) is 0 Å². The molecule has 1 aromatic carbocycles. The molecule has 0 fully saturated rings. The Kier molecular flexibility index (Phi) is 3.72. The number of hydrogen-bond donors (Lipinski definition) is 1. The fourth-order valence-corrected chi connectivity index (χ4v) is 2.11. The van der Waals surface area contributed by atoms with Crippen LogP contribution in [-0.2, 0) is 0 Å². The molecule has 0 radical (unpaired) electrons. The molecule has 0 saturated carbocycles. The standard InChI is InChI=1S/C13H10BrFN2O/c14-12(8-4-5-17-11(16)7-8)13(18)9-2-1-3-10(15)6-9/h1-7,12H,(H2,16,17)/t12-/m0/s1. The van der Waals surface area contributed by atoms with E-state index in [1.165, 1.54) is 24.4 Å². The Bertz CT molecular complexity index is 589. The number of anilines is 1. The lowest BCUT2D eigenvalue weighted by Crippen LogP contribution is -2.08. The Morgan fingerprint density at radius 3 is 2.78 bits per heavy atom. The van der Waals surface area contributed by atoms with Crippen molar-refractivity contribution in [3.63, 3.8) is 0 Å². The van der Waals surface area contributed by atoms with Crippen molar-refractivity contribution in [2.45, 2.75) is 4.83 Å². The van der Waals surface area contributed by atoms with Gasteiger partial charge in [0, 0.05) is 11.8 Å². The highest BCUT2D eigenvalue weighted by Gasteiger charge is 2.19. The van der Waals surface area contributed by atoms with Gasteiger partial charge in [0.1, 0.15) is 16.5 Å². The maximum Gasteiger partial charge on any atom is 0.180 e. The zero-order chi connectivity index (χ0) is 13.1. The van der Waals surface area contributed by atoms with E-state index in [-0.39, 0.29) is 5.78 Å². The molecule has 18 heavy (non-hydrogen) atoms. The number of alkyl halides is 1. The summed E-state index contributed by atoms with van der Waals surface area (Å²) >= 11 is 3.29. The zero-order valence-electron chi connectivity index (χ0n) is 9.31. The Morgan fingerprint density at radius 1 is 1.33 bits per heavy atom. The van der Waals surface area contributed by atoms with Crippen molar-refractivity contribution < 1.29 is 9.18 Å². The number of nitrogens with zero attached hydrogens (tertiary/aromatic N) is 1. The minimum Gasteiger partial charge on any atom is -0.384 e. The van der Waals surface area contributed by atoms with E-state index in [9.17, 15) is 9.18 Å². The molecule has 1 aromatic heterocycles. The summed E-state index contributed by atoms with van der Waals surface area (Å²) in [5.74, 6) is -0.320. The molecule has 0 unspecified atom stereocenters. The average Bonchev–Trinajstić information content (AvgIpc) is 2.37. The minimum absolute atomic E-state index is 0.222. The summed E-state index contributed by atoms with van der Waals surface area (Å²) in [6.45, 7) is 0. The number of halogens is 2. The second kappa shape index (κ2) is 5.27. The van der Waals surface area contributed by atoms with E-state index < -0.39 is 10.6 Å². The lowest BCUT2D eigenvalue weighted by molar-refractivity contribution is 0.0991. The number of aromatic nitrogens is 1. The van der Waals surface area contributed by atoms with Crippen LogP contribution < -0.4 is 5.73 Å². The molecule has 0 saturated heterocycles. The molecule has 2 N–H and O–H groups in total. The number of hydrogen-bond acceptors (Lipinski definition) is 3. The summed E-state index contributed by atoms with van der Waals surface area (Å²) in [7, 11) is 0. The molecular formula is C13H10BrFN2O. The summed E-state index contributed by atoms with van der Waals surface area (Å²) in [5, 5.41) is 0. The molecule has 0 amide bonds. The Balaban J connectivity index is 2.29. The van der Waals surface area contributed by atoms with E-state index >= 15 is 0 Å². The van der Waals surface area contributed by atoms with Crippen LogP contribution in [0.2, 0.25) is 0 Å². The summed E-state index contributed by atoms with van der Waals surface area (Å²) in [4.78, 5) is 15.4. The third-order valence-corrected chi connectivity index (χ3v) is 3.38. The average molecular weight is 309 g/mol. The van der Waals surface area contributed by atoms with Crippen molar-refractivity contribution >= 4 is 27.5 Å². The van der Waals surface area contributed by atoms with Crippen molar-refractivity contribution in [1.29, 1.82) is 0 Å². The van der Waals surface area contributed by atoms with Crippen LogP contribution in [0.1, 0.15) is 20.7 Å². The summed E-state index contributed by atoms with van der Waals surface area (Å²) in [6.07, 6.45) is 1.53. The Hall–Kier alpha value is -1.75. The number of rotatable bonds is 3. The number of benzene rings is 1. The third kappa shape index (κ3) is 2.73. The van der Waals surface area contributed by atoms with Gasteiger partial charge >= 0.3 is 0 Å². The molecule has 0 spiro atoms. The molecule has 3 nitrogen and oxygen atoms in total. The summed E-state index contributed by atoms with van der Waals surface area (Å²) in [6, 6.07) is 8.88. The number of carbonyl (C=O) groups excluding carboxylic acids is 1. The van der Waals surface area contributed by atoms with Crippen molar-refractivity contribution in [3.05, 3.63) is 59.5 Å². The van der Waals surface area contributed by atoms with E-state index in [2.05, 4.69) is 20.9 Å². The predicted octanol–water partition coefficient (Wildman–Crippen LogP) is 3.12. The molecule has 0 aliphatic rings. The molecule has 92 valence electrons. The van der Waals surface area contributed by atoms with E-state index in [0.29, 0.717) is 16.9 Å². The molecule has 1 atom stereocenters. The maximum atomic E-state index is 13.1. The van der Waals surface area contributed by atoms with Crippen molar-refractivity contribution in [1.82, 2.24) is 4.98 Å². The van der Waals surface area contributed by atoms with Gasteiger partial charge in [-0.1, -0.05) is 28.1 Å². The van der Waals surface area contributed by atoms with Gasteiger partial charge in [-0.3, -0.25) is 4.79 Å². The first-order valence-corrected chi connectivity index (χ1v) is 6.15. The number of nitrogen functional groups attached to an aromatic ring is 1. The fraction of sp³-hybridized carbons (Fsp3) is 0.0769. The van der Waals surface area contributed by atoms with Crippen LogP contribution >= 0.6 is 15.9 Å². The number of pyridine rings is 1. The van der Waals surface area contributed by atoms with Gasteiger partial charge in [-0.15, -0.1) is 0 Å². The van der Waals surface area contributed by atoms with E-state index in [0.717, 1.165) is 0 Å². The Morgan fingerprint density at radius 2 is 2.11 bits per heavy atom. The molecule has 0 aliphatic carbocycles. The van der Waals surface area contributed by atoms with E-state index in [1.54, 1.807) is 18.2 Å². The van der Waals surface area contributed by atoms with Crippen LogP contribution in [-0.4, -0.2) is 10.8 Å². The number of carbonyl (C=O) groups is 1. The lowest BCUT2D eigenvalue weighted by atomic mass is 10.0. The monoisotopic (exact) mass is 308 g/mol. The smallest absolute Gasteiger partial charge is 0.180 e. The second-order valence-corrected chi connectivity index (χ2v) is 4.67. The van der Waals surface area contributed by atoms with Gasteiger partial charge in [0.2, 0.25) is 0 Å². The maximum absolute atomic E-state index is 13.1. The second-order valence-electron chi connectivity index (χ2n) is 3.75. The van der Waals surface area contributed by atoms with Crippen LogP contribution in [0.4, 0.5) is 10.2 Å². The normalized spacial score (nSPS) is 12.1. The van der Waals surface area contributed by atoms with Gasteiger partial charge in [0.15, 0.2) is 5.78 Å².